The predicted molar refractivity (Wildman–Crippen MR) is 249 cm³/mol. The Labute approximate surface area is 360 Å². The largest absolute Gasteiger partial charge is 0.465 e. The van der Waals surface area contributed by atoms with Crippen molar-refractivity contribution in [3.05, 3.63) is 119 Å². The number of nitrogens with one attached hydrogen (secondary N) is 2. The molecular weight excluding hydrogens is 769 g/mol. The number of H-pyrrole nitrogens is 2. The molecule has 0 unspecified atom stereocenters. The molecule has 2 N–H and O–H groups in total. The molecule has 0 fully saturated rings. The van der Waals surface area contributed by atoms with Crippen LogP contribution in [-0.2, 0) is 21.0 Å². The number of fused-ring (bicyclic) bond motifs is 20. The number of nitrogens with zero attached hydrogens (tertiary/aromatic N) is 6. The first kappa shape index (κ1) is 39.1. The maximum absolute atomic E-state index is 12.2. The lowest BCUT2D eigenvalue weighted by atomic mass is 9.85. The number of hydrogen-bond donors (Lipinski definition) is 2. The van der Waals surface area contributed by atoms with Gasteiger partial charge in [0, 0.05) is 43.8 Å². The van der Waals surface area contributed by atoms with Gasteiger partial charge in [0.25, 0.3) is 0 Å². The third-order valence-corrected chi connectivity index (χ3v) is 12.1. The summed E-state index contributed by atoms with van der Waals surface area (Å²) in [4.78, 5) is 51.1. The fourth-order valence-corrected chi connectivity index (χ4v) is 8.29. The lowest BCUT2D eigenvalue weighted by molar-refractivity contribution is 0.0600. The minimum atomic E-state index is -0.381. The molecule has 2 aliphatic heterocycles. The van der Waals surface area contributed by atoms with Crippen LogP contribution in [0.4, 0.5) is 0 Å². The number of methoxy groups -OCH3 is 1. The minimum Gasteiger partial charge on any atom is -0.465 e. The van der Waals surface area contributed by atoms with Gasteiger partial charge in [-0.25, -0.2) is 34.7 Å². The number of carbonyl (C=O) groups is 1. The fraction of sp³-hybridized carbons (Fsp3) is 0.250. The van der Waals surface area contributed by atoms with Crippen molar-refractivity contribution in [3.63, 3.8) is 0 Å². The summed E-state index contributed by atoms with van der Waals surface area (Å²) in [5.41, 5.74) is 11.7. The van der Waals surface area contributed by atoms with E-state index in [-0.39, 0.29) is 22.2 Å². The zero-order chi connectivity index (χ0) is 43.5. The second-order valence-electron chi connectivity index (χ2n) is 19.5. The molecule has 10 rings (SSSR count). The average Bonchev–Trinajstić information content (AvgIpc) is 3.97. The molecule has 8 bridgehead atoms. The standard InChI is InChI=1S/C52H48N8O2/c1-50(2,3)30-16-20-34-38(24-30)46-55-42(34)53-41-33-19-15-29(27-11-13-28(14-12-27)49(61)62-10)23-37(33)45(54-41)60-48-40-26-32(52(7,8)9)18-22-36(40)44(59-48)58-47-39-25-31(51(4,5)6)17-21-35(39)43(56-46)57-47/h11-26H,1-10H3,(H2,53,54,55,56,57,58,59,60). The average molecular weight is 817 g/mol. The summed E-state index contributed by atoms with van der Waals surface area (Å²) in [6.45, 7) is 19.9. The molecule has 62 heavy (non-hydrogen) atoms. The Kier molecular flexibility index (Phi) is 8.65. The van der Waals surface area contributed by atoms with Crippen LogP contribution in [0, 0.1) is 0 Å². The number of ether oxygens (including phenoxy) is 1. The van der Waals surface area contributed by atoms with Crippen LogP contribution in [0.2, 0.25) is 0 Å². The van der Waals surface area contributed by atoms with Crippen LogP contribution < -0.4 is 0 Å². The van der Waals surface area contributed by atoms with E-state index in [1.807, 2.05) is 18.2 Å². The maximum atomic E-state index is 12.2. The Morgan fingerprint density at radius 3 is 1.27 bits per heavy atom. The van der Waals surface area contributed by atoms with Gasteiger partial charge in [0.15, 0.2) is 23.3 Å². The molecule has 3 aromatic heterocycles. The Balaban J connectivity index is 1.33. The van der Waals surface area contributed by atoms with Crippen molar-refractivity contribution >= 4 is 50.1 Å². The molecule has 0 spiro atoms. The Hall–Kier alpha value is -7.07. The SMILES string of the molecule is COC(=O)c1ccc(-c2ccc3c(c2)-c2nc-3nc3[nH]c(nc4nc(nc5[nH]c(n2)c2cc(C(C)(C)C)ccc52)-c2cc(C(C)(C)C)ccc2-4)c2cc(C(C)(C)C)ccc32)cc1. The number of hydrogen-bond acceptors (Lipinski definition) is 8. The molecule has 8 aromatic rings. The molecule has 0 amide bonds. The van der Waals surface area contributed by atoms with Crippen LogP contribution in [0.15, 0.2) is 97.1 Å². The third-order valence-electron chi connectivity index (χ3n) is 12.1. The molecule has 2 aliphatic rings. The Morgan fingerprint density at radius 2 is 0.806 bits per heavy atom. The van der Waals surface area contributed by atoms with E-state index < -0.39 is 0 Å². The van der Waals surface area contributed by atoms with E-state index in [1.54, 1.807) is 12.1 Å². The summed E-state index contributed by atoms with van der Waals surface area (Å²) in [6.07, 6.45) is 0. The fourth-order valence-electron chi connectivity index (χ4n) is 8.29. The van der Waals surface area contributed by atoms with Gasteiger partial charge in [0.1, 0.15) is 22.6 Å². The zero-order valence-corrected chi connectivity index (χ0v) is 36.7. The first-order valence-electron chi connectivity index (χ1n) is 21.0. The number of aromatic nitrogens is 8. The molecule has 5 heterocycles. The van der Waals surface area contributed by atoms with E-state index in [4.69, 9.17) is 34.6 Å². The van der Waals surface area contributed by atoms with Crippen molar-refractivity contribution in [3.8, 4) is 56.7 Å². The minimum absolute atomic E-state index is 0.0976. The van der Waals surface area contributed by atoms with Gasteiger partial charge in [-0.2, -0.15) is 0 Å². The first-order chi connectivity index (χ1) is 29.4. The van der Waals surface area contributed by atoms with E-state index in [9.17, 15) is 4.79 Å². The van der Waals surface area contributed by atoms with Gasteiger partial charge in [-0.3, -0.25) is 0 Å². The van der Waals surface area contributed by atoms with Gasteiger partial charge in [-0.1, -0.05) is 117 Å². The van der Waals surface area contributed by atoms with Gasteiger partial charge in [-0.15, -0.1) is 0 Å². The summed E-state index contributed by atoms with van der Waals surface area (Å²) in [7, 11) is 1.38. The van der Waals surface area contributed by atoms with Crippen molar-refractivity contribution < 1.29 is 9.53 Å². The quantitative estimate of drug-likeness (QED) is 0.165. The highest BCUT2D eigenvalue weighted by Crippen LogP contribution is 2.41. The van der Waals surface area contributed by atoms with E-state index >= 15 is 0 Å². The highest BCUT2D eigenvalue weighted by molar-refractivity contribution is 6.07. The second-order valence-corrected chi connectivity index (χ2v) is 19.5. The third kappa shape index (κ3) is 6.61. The van der Waals surface area contributed by atoms with Crippen molar-refractivity contribution in [2.75, 3.05) is 7.11 Å². The molecule has 5 aromatic carbocycles. The zero-order valence-electron chi connectivity index (χ0n) is 36.7. The number of benzene rings is 5. The molecule has 0 saturated carbocycles. The topological polar surface area (TPSA) is 135 Å². The molecular formula is C52H48N8O2. The number of rotatable bonds is 2. The van der Waals surface area contributed by atoms with Crippen molar-refractivity contribution in [1.29, 1.82) is 0 Å². The highest BCUT2D eigenvalue weighted by atomic mass is 16.5. The number of aromatic amines is 2. The molecule has 0 radical (unpaired) electrons. The predicted octanol–water partition coefficient (Wildman–Crippen LogP) is 12.2. The van der Waals surface area contributed by atoms with E-state index in [2.05, 4.69) is 139 Å². The van der Waals surface area contributed by atoms with Crippen LogP contribution in [0.3, 0.4) is 0 Å². The molecule has 0 aliphatic carbocycles. The molecule has 10 nitrogen and oxygen atoms in total. The Bertz CT molecular complexity index is 3360. The van der Waals surface area contributed by atoms with Gasteiger partial charge < -0.3 is 14.7 Å². The summed E-state index contributed by atoms with van der Waals surface area (Å²) < 4.78 is 4.95. The molecule has 10 heteroatoms. The molecule has 0 saturated heterocycles. The van der Waals surface area contributed by atoms with Gasteiger partial charge in [0.2, 0.25) is 0 Å². The normalized spacial score (nSPS) is 12.7. The lowest BCUT2D eigenvalue weighted by Gasteiger charge is -2.19. The first-order valence-corrected chi connectivity index (χ1v) is 21.0. The van der Waals surface area contributed by atoms with Gasteiger partial charge in [-0.05, 0) is 86.5 Å². The Morgan fingerprint density at radius 1 is 0.419 bits per heavy atom. The van der Waals surface area contributed by atoms with Crippen LogP contribution in [0.5, 0.6) is 0 Å². The molecule has 0 atom stereocenters. The monoisotopic (exact) mass is 816 g/mol. The summed E-state index contributed by atoms with van der Waals surface area (Å²) in [6, 6.07) is 33.1. The van der Waals surface area contributed by atoms with E-state index in [1.165, 1.54) is 23.8 Å². The maximum Gasteiger partial charge on any atom is 0.337 e. The van der Waals surface area contributed by atoms with Gasteiger partial charge in [0.05, 0.1) is 12.7 Å². The van der Waals surface area contributed by atoms with Gasteiger partial charge >= 0.3 is 5.97 Å². The highest BCUT2D eigenvalue weighted by Gasteiger charge is 2.26. The van der Waals surface area contributed by atoms with E-state index in [0.717, 1.165) is 54.9 Å². The number of carbonyl (C=O) groups excluding carboxylic acids is 1. The summed E-state index contributed by atoms with van der Waals surface area (Å²) >= 11 is 0. The van der Waals surface area contributed by atoms with Crippen molar-refractivity contribution in [1.82, 2.24) is 39.9 Å². The van der Waals surface area contributed by atoms with Crippen molar-refractivity contribution in [2.45, 2.75) is 78.6 Å². The lowest BCUT2D eigenvalue weighted by Crippen LogP contribution is -2.10. The van der Waals surface area contributed by atoms with Crippen LogP contribution in [-0.4, -0.2) is 53.0 Å². The second kappa shape index (κ2) is 13.7. The van der Waals surface area contributed by atoms with Crippen LogP contribution >= 0.6 is 0 Å². The smallest absolute Gasteiger partial charge is 0.337 e. The summed E-state index contributed by atoms with van der Waals surface area (Å²) in [5, 5.41) is 3.71. The van der Waals surface area contributed by atoms with Crippen LogP contribution in [0.25, 0.3) is 101 Å². The number of esters is 1. The van der Waals surface area contributed by atoms with Crippen LogP contribution in [0.1, 0.15) is 89.4 Å². The molecule has 308 valence electrons. The van der Waals surface area contributed by atoms with Crippen molar-refractivity contribution in [2.24, 2.45) is 0 Å². The summed E-state index contributed by atoms with van der Waals surface area (Å²) in [5.74, 6) is 1.81. The van der Waals surface area contributed by atoms with E-state index in [0.29, 0.717) is 51.4 Å².